The molecule has 0 spiro atoms. The Morgan fingerprint density at radius 2 is 2.03 bits per heavy atom. The fraction of sp³-hybridized carbons (Fsp3) is 0.261. The van der Waals surface area contributed by atoms with E-state index in [1.807, 2.05) is 69.5 Å². The SMILES string of the molecule is C=N/C(CC)=C(/c1coc(Nc2ccc(OC)cc2)c1)N1C=CC=C(Cl)C1.CC. The molecule has 1 aliphatic rings. The maximum atomic E-state index is 6.22. The zero-order chi connectivity index (χ0) is 21.2. The molecule has 0 fully saturated rings. The number of anilines is 2. The van der Waals surface area contributed by atoms with Gasteiger partial charge in [-0.3, -0.25) is 4.99 Å². The van der Waals surface area contributed by atoms with Crippen LogP contribution in [0.2, 0.25) is 0 Å². The molecule has 1 aromatic carbocycles. The summed E-state index contributed by atoms with van der Waals surface area (Å²) in [6.07, 6.45) is 8.23. The van der Waals surface area contributed by atoms with Gasteiger partial charge in [0.25, 0.3) is 0 Å². The molecule has 3 rings (SSSR count). The van der Waals surface area contributed by atoms with Gasteiger partial charge in [0, 0.05) is 28.5 Å². The Morgan fingerprint density at radius 1 is 1.31 bits per heavy atom. The molecular weight excluding hydrogens is 386 g/mol. The summed E-state index contributed by atoms with van der Waals surface area (Å²) in [7, 11) is 1.64. The van der Waals surface area contributed by atoms with Crippen LogP contribution in [0.15, 0.2) is 75.1 Å². The van der Waals surface area contributed by atoms with Crippen LogP contribution in [-0.4, -0.2) is 25.3 Å². The number of methoxy groups -OCH3 is 1. The fourth-order valence-corrected chi connectivity index (χ4v) is 3.07. The van der Waals surface area contributed by atoms with E-state index in [1.54, 1.807) is 13.4 Å². The Balaban J connectivity index is 0.00000145. The zero-order valence-corrected chi connectivity index (χ0v) is 18.2. The van der Waals surface area contributed by atoms with Crippen LogP contribution in [0.4, 0.5) is 11.6 Å². The van der Waals surface area contributed by atoms with Gasteiger partial charge in [0.1, 0.15) is 12.0 Å². The summed E-state index contributed by atoms with van der Waals surface area (Å²) >= 11 is 6.22. The molecule has 1 N–H and O–H groups in total. The van der Waals surface area contributed by atoms with Crippen molar-refractivity contribution in [3.05, 3.63) is 71.2 Å². The molecule has 154 valence electrons. The number of nitrogens with zero attached hydrogens (tertiary/aromatic N) is 2. The molecule has 0 saturated heterocycles. The predicted octanol–water partition coefficient (Wildman–Crippen LogP) is 6.79. The number of allylic oxidation sites excluding steroid dienone is 3. The van der Waals surface area contributed by atoms with E-state index in [0.29, 0.717) is 12.4 Å². The van der Waals surface area contributed by atoms with E-state index in [2.05, 4.69) is 21.9 Å². The van der Waals surface area contributed by atoms with Gasteiger partial charge in [0.15, 0.2) is 5.88 Å². The first-order chi connectivity index (χ1) is 14.1. The van der Waals surface area contributed by atoms with Crippen molar-refractivity contribution in [2.75, 3.05) is 19.0 Å². The number of hydrogen-bond donors (Lipinski definition) is 1. The van der Waals surface area contributed by atoms with E-state index in [0.717, 1.165) is 39.8 Å². The van der Waals surface area contributed by atoms with E-state index in [4.69, 9.17) is 20.8 Å². The highest BCUT2D eigenvalue weighted by Crippen LogP contribution is 2.32. The second kappa shape index (κ2) is 11.2. The molecule has 1 aromatic heterocycles. The molecule has 6 heteroatoms. The largest absolute Gasteiger partial charge is 0.497 e. The first-order valence-corrected chi connectivity index (χ1v) is 10.0. The van der Waals surface area contributed by atoms with E-state index >= 15 is 0 Å². The van der Waals surface area contributed by atoms with Gasteiger partial charge in [-0.25, -0.2) is 0 Å². The number of aliphatic imine (C=N–C) groups is 1. The third kappa shape index (κ3) is 5.78. The zero-order valence-electron chi connectivity index (χ0n) is 17.4. The summed E-state index contributed by atoms with van der Waals surface area (Å²) in [4.78, 5) is 6.26. The van der Waals surface area contributed by atoms with Gasteiger partial charge >= 0.3 is 0 Å². The Bertz CT molecular complexity index is 895. The molecule has 5 nitrogen and oxygen atoms in total. The summed E-state index contributed by atoms with van der Waals surface area (Å²) in [5, 5.41) is 4.01. The van der Waals surface area contributed by atoms with Crippen molar-refractivity contribution in [2.45, 2.75) is 27.2 Å². The molecule has 0 bridgehead atoms. The van der Waals surface area contributed by atoms with Crippen LogP contribution in [0, 0.1) is 0 Å². The molecule has 0 aliphatic carbocycles. The minimum Gasteiger partial charge on any atom is -0.497 e. The number of ether oxygens (including phenoxy) is 1. The van der Waals surface area contributed by atoms with Crippen LogP contribution >= 0.6 is 11.6 Å². The van der Waals surface area contributed by atoms with Crippen molar-refractivity contribution in [3.63, 3.8) is 0 Å². The van der Waals surface area contributed by atoms with Crippen LogP contribution in [0.5, 0.6) is 5.75 Å². The fourth-order valence-electron chi connectivity index (χ4n) is 2.87. The maximum absolute atomic E-state index is 6.22. The van der Waals surface area contributed by atoms with Gasteiger partial charge < -0.3 is 19.4 Å². The highest BCUT2D eigenvalue weighted by Gasteiger charge is 2.19. The van der Waals surface area contributed by atoms with Crippen LogP contribution in [0.3, 0.4) is 0 Å². The van der Waals surface area contributed by atoms with Gasteiger partial charge in [0.2, 0.25) is 0 Å². The minimum absolute atomic E-state index is 0.582. The summed E-state index contributed by atoms with van der Waals surface area (Å²) in [5.74, 6) is 1.44. The van der Waals surface area contributed by atoms with Crippen LogP contribution in [-0.2, 0) is 0 Å². The van der Waals surface area contributed by atoms with Gasteiger partial charge in [-0.15, -0.1) is 0 Å². The lowest BCUT2D eigenvalue weighted by Gasteiger charge is -2.26. The molecular formula is C23H28ClN3O2. The number of hydrogen-bond acceptors (Lipinski definition) is 5. The van der Waals surface area contributed by atoms with Gasteiger partial charge in [-0.2, -0.15) is 0 Å². The standard InChI is InChI=1S/C21H22ClN3O2.C2H6/c1-4-19(23-2)21(25-11-5-6-16(22)13-25)15-12-20(27-14-15)24-17-7-9-18(26-3)10-8-17;1-2/h5-12,14,24H,2,4,13H2,1,3H3;1-2H3/b21-19-;. The Kier molecular flexibility index (Phi) is 8.62. The molecule has 0 amide bonds. The van der Waals surface area contributed by atoms with Crippen molar-refractivity contribution in [2.24, 2.45) is 4.99 Å². The molecule has 0 radical (unpaired) electrons. The predicted molar refractivity (Wildman–Crippen MR) is 123 cm³/mol. The van der Waals surface area contributed by atoms with Crippen molar-refractivity contribution in [1.29, 1.82) is 0 Å². The summed E-state index contributed by atoms with van der Waals surface area (Å²) in [6, 6.07) is 9.58. The summed E-state index contributed by atoms with van der Waals surface area (Å²) < 4.78 is 10.9. The number of furan rings is 1. The average Bonchev–Trinajstić information content (AvgIpc) is 3.21. The van der Waals surface area contributed by atoms with Crippen LogP contribution in [0.25, 0.3) is 5.70 Å². The quantitative estimate of drug-likeness (QED) is 0.507. The third-order valence-electron chi connectivity index (χ3n) is 4.18. The van der Waals surface area contributed by atoms with Gasteiger partial charge in [-0.05, 0) is 49.6 Å². The Hall–Kier alpha value is -2.92. The van der Waals surface area contributed by atoms with E-state index in [-0.39, 0.29) is 0 Å². The van der Waals surface area contributed by atoms with E-state index in [1.165, 1.54) is 0 Å². The van der Waals surface area contributed by atoms with E-state index < -0.39 is 0 Å². The average molecular weight is 414 g/mol. The number of benzene rings is 1. The molecule has 0 saturated carbocycles. The second-order valence-electron chi connectivity index (χ2n) is 5.94. The second-order valence-corrected chi connectivity index (χ2v) is 6.43. The lowest BCUT2D eigenvalue weighted by molar-refractivity contribution is 0.415. The van der Waals surface area contributed by atoms with E-state index in [9.17, 15) is 0 Å². The lowest BCUT2D eigenvalue weighted by Crippen LogP contribution is -2.20. The van der Waals surface area contributed by atoms with Crippen LogP contribution < -0.4 is 10.1 Å². The summed E-state index contributed by atoms with van der Waals surface area (Å²) in [5.41, 5.74) is 3.62. The smallest absolute Gasteiger partial charge is 0.197 e. The molecule has 2 aromatic rings. The van der Waals surface area contributed by atoms with Crippen molar-refractivity contribution >= 4 is 35.6 Å². The highest BCUT2D eigenvalue weighted by molar-refractivity contribution is 6.30. The Labute approximate surface area is 178 Å². The van der Waals surface area contributed by atoms with Crippen molar-refractivity contribution < 1.29 is 9.15 Å². The number of nitrogens with one attached hydrogen (secondary N) is 1. The summed E-state index contributed by atoms with van der Waals surface area (Å²) in [6.45, 7) is 10.3. The first-order valence-electron chi connectivity index (χ1n) is 9.64. The number of halogens is 1. The van der Waals surface area contributed by atoms with Crippen LogP contribution in [0.1, 0.15) is 32.8 Å². The minimum atomic E-state index is 0.582. The van der Waals surface area contributed by atoms with Crippen molar-refractivity contribution in [1.82, 2.24) is 4.90 Å². The monoisotopic (exact) mass is 413 g/mol. The molecule has 0 unspecified atom stereocenters. The third-order valence-corrected chi connectivity index (χ3v) is 4.43. The molecule has 2 heterocycles. The van der Waals surface area contributed by atoms with Crippen molar-refractivity contribution in [3.8, 4) is 5.75 Å². The number of rotatable bonds is 7. The Morgan fingerprint density at radius 3 is 2.62 bits per heavy atom. The molecule has 29 heavy (non-hydrogen) atoms. The first kappa shape index (κ1) is 22.4. The van der Waals surface area contributed by atoms with Gasteiger partial charge in [0.05, 0.1) is 25.0 Å². The molecule has 1 aliphatic heterocycles. The molecule has 0 atom stereocenters. The maximum Gasteiger partial charge on any atom is 0.197 e. The van der Waals surface area contributed by atoms with Gasteiger partial charge in [-0.1, -0.05) is 32.4 Å². The lowest BCUT2D eigenvalue weighted by atomic mass is 10.1. The highest BCUT2D eigenvalue weighted by atomic mass is 35.5. The topological polar surface area (TPSA) is 50.0 Å². The normalized spacial score (nSPS) is 13.7.